The summed E-state index contributed by atoms with van der Waals surface area (Å²) in [5.41, 5.74) is -0.156. The van der Waals surface area contributed by atoms with Crippen molar-refractivity contribution in [2.75, 3.05) is 6.61 Å². The average molecular weight is 226 g/mol. The maximum absolute atomic E-state index is 12.1. The summed E-state index contributed by atoms with van der Waals surface area (Å²) in [6.45, 7) is 8.57. The predicted molar refractivity (Wildman–Crippen MR) is 63.5 cm³/mol. The van der Waals surface area contributed by atoms with E-state index in [9.17, 15) is 4.79 Å². The molecule has 0 aliphatic rings. The molecule has 1 unspecified atom stereocenters. The zero-order chi connectivity index (χ0) is 11.5. The fourth-order valence-corrected chi connectivity index (χ4v) is 2.12. The van der Waals surface area contributed by atoms with Crippen LogP contribution in [-0.4, -0.2) is 18.5 Å². The highest BCUT2D eigenvalue weighted by Crippen LogP contribution is 2.26. The highest BCUT2D eigenvalue weighted by molar-refractivity contribution is 7.12. The van der Waals surface area contributed by atoms with Gasteiger partial charge in [-0.25, -0.2) is 0 Å². The van der Waals surface area contributed by atoms with Crippen molar-refractivity contribution in [2.45, 2.75) is 33.8 Å². The van der Waals surface area contributed by atoms with Gasteiger partial charge in [-0.3, -0.25) is 4.79 Å². The first-order chi connectivity index (χ1) is 6.96. The van der Waals surface area contributed by atoms with Crippen LogP contribution in [-0.2, 0) is 4.74 Å². The van der Waals surface area contributed by atoms with Crippen LogP contribution in [0.3, 0.4) is 0 Å². The normalized spacial score (nSPS) is 13.9. The molecule has 0 amide bonds. The Morgan fingerprint density at radius 3 is 2.60 bits per heavy atom. The minimum Gasteiger partial charge on any atom is -0.370 e. The van der Waals surface area contributed by atoms with Gasteiger partial charge in [0.1, 0.15) is 6.10 Å². The second kappa shape index (κ2) is 4.90. The molecule has 0 saturated carbocycles. The number of Topliss-reactive ketones (excluding diaryl/α,β-unsaturated/α-hetero) is 1. The van der Waals surface area contributed by atoms with E-state index in [2.05, 4.69) is 0 Å². The summed E-state index contributed by atoms with van der Waals surface area (Å²) in [7, 11) is 0. The minimum absolute atomic E-state index is 0.0966. The third kappa shape index (κ3) is 3.14. The molecule has 0 bridgehead atoms. The van der Waals surface area contributed by atoms with Gasteiger partial charge in [-0.2, -0.15) is 0 Å². The average Bonchev–Trinajstić information content (AvgIpc) is 2.63. The lowest BCUT2D eigenvalue weighted by Gasteiger charge is -2.28. The molecule has 1 heterocycles. The molecule has 0 saturated heterocycles. The highest BCUT2D eigenvalue weighted by Gasteiger charge is 2.32. The summed E-state index contributed by atoms with van der Waals surface area (Å²) < 4.78 is 5.55. The molecule has 0 radical (unpaired) electrons. The Hall–Kier alpha value is -0.670. The lowest BCUT2D eigenvalue weighted by Crippen LogP contribution is -2.36. The van der Waals surface area contributed by atoms with Gasteiger partial charge in [0.15, 0.2) is 0 Å². The van der Waals surface area contributed by atoms with E-state index >= 15 is 0 Å². The molecule has 0 N–H and O–H groups in total. The summed E-state index contributed by atoms with van der Waals surface area (Å²) in [6.07, 6.45) is -0.346. The Bertz CT molecular complexity index is 309. The maximum Gasteiger partial charge on any atom is 0.201 e. The summed E-state index contributed by atoms with van der Waals surface area (Å²) >= 11 is 1.47. The third-order valence-electron chi connectivity index (χ3n) is 2.12. The number of ether oxygens (including phenoxy) is 1. The number of rotatable bonds is 4. The molecule has 0 aliphatic heterocycles. The molecule has 2 nitrogen and oxygen atoms in total. The number of ketones is 1. The van der Waals surface area contributed by atoms with Crippen molar-refractivity contribution in [3.63, 3.8) is 0 Å². The van der Waals surface area contributed by atoms with Crippen LogP contribution in [0.4, 0.5) is 0 Å². The lowest BCUT2D eigenvalue weighted by molar-refractivity contribution is 0.0000795. The van der Waals surface area contributed by atoms with Gasteiger partial charge >= 0.3 is 0 Å². The largest absolute Gasteiger partial charge is 0.370 e. The Balaban J connectivity index is 2.86. The van der Waals surface area contributed by atoms with E-state index < -0.39 is 0 Å². The molecule has 1 aromatic rings. The second-order valence-corrected chi connectivity index (χ2v) is 5.49. The second-order valence-electron chi connectivity index (χ2n) is 4.54. The summed E-state index contributed by atoms with van der Waals surface area (Å²) in [5.74, 6) is 0.0966. The summed E-state index contributed by atoms with van der Waals surface area (Å²) in [5, 5.41) is 1.92. The van der Waals surface area contributed by atoms with Crippen molar-refractivity contribution in [3.8, 4) is 0 Å². The standard InChI is InChI=1S/C12H18O2S/c1-5-14-11(12(2,3)4)10(13)9-7-6-8-15-9/h6-8,11H,5H2,1-4H3. The van der Waals surface area contributed by atoms with Crippen molar-refractivity contribution in [1.29, 1.82) is 0 Å². The first kappa shape index (κ1) is 12.4. The Labute approximate surface area is 95.3 Å². The number of hydrogen-bond donors (Lipinski definition) is 0. The van der Waals surface area contributed by atoms with Gasteiger partial charge in [-0.1, -0.05) is 26.8 Å². The van der Waals surface area contributed by atoms with Crippen molar-refractivity contribution in [2.24, 2.45) is 5.41 Å². The van der Waals surface area contributed by atoms with E-state index in [0.717, 1.165) is 4.88 Å². The Morgan fingerprint density at radius 2 is 2.20 bits per heavy atom. The number of carbonyl (C=O) groups excluding carboxylic acids is 1. The van der Waals surface area contributed by atoms with Crippen molar-refractivity contribution in [3.05, 3.63) is 22.4 Å². The van der Waals surface area contributed by atoms with Crippen LogP contribution in [0, 0.1) is 5.41 Å². The smallest absolute Gasteiger partial charge is 0.201 e. The first-order valence-electron chi connectivity index (χ1n) is 5.16. The molecule has 1 rings (SSSR count). The van der Waals surface area contributed by atoms with Crippen LogP contribution in [0.5, 0.6) is 0 Å². The fourth-order valence-electron chi connectivity index (χ4n) is 1.43. The first-order valence-corrected chi connectivity index (χ1v) is 6.04. The van der Waals surface area contributed by atoms with Gasteiger partial charge in [-0.15, -0.1) is 11.3 Å². The van der Waals surface area contributed by atoms with E-state index in [0.29, 0.717) is 6.61 Å². The zero-order valence-corrected chi connectivity index (χ0v) is 10.6. The molecule has 1 atom stereocenters. The molecule has 0 spiro atoms. The van der Waals surface area contributed by atoms with Crippen molar-refractivity contribution in [1.82, 2.24) is 0 Å². The predicted octanol–water partition coefficient (Wildman–Crippen LogP) is 3.38. The van der Waals surface area contributed by atoms with E-state index in [1.165, 1.54) is 11.3 Å². The number of hydrogen-bond acceptors (Lipinski definition) is 3. The molecular formula is C12H18O2S. The SMILES string of the molecule is CCOC(C(=O)c1cccs1)C(C)(C)C. The van der Waals surface area contributed by atoms with Gasteiger partial charge in [0.2, 0.25) is 5.78 Å². The molecular weight excluding hydrogens is 208 g/mol. The summed E-state index contributed by atoms with van der Waals surface area (Å²) in [4.78, 5) is 12.9. The van der Waals surface area contributed by atoms with Gasteiger partial charge in [0.25, 0.3) is 0 Å². The minimum atomic E-state index is -0.346. The van der Waals surface area contributed by atoms with Crippen LogP contribution in [0.25, 0.3) is 0 Å². The van der Waals surface area contributed by atoms with Crippen LogP contribution in [0.15, 0.2) is 17.5 Å². The quantitative estimate of drug-likeness (QED) is 0.736. The van der Waals surface area contributed by atoms with Crippen LogP contribution in [0.2, 0.25) is 0 Å². The third-order valence-corrected chi connectivity index (χ3v) is 3.01. The van der Waals surface area contributed by atoms with Gasteiger partial charge in [0.05, 0.1) is 4.88 Å². The molecule has 1 aromatic heterocycles. The van der Waals surface area contributed by atoms with E-state index in [1.54, 1.807) is 0 Å². The van der Waals surface area contributed by atoms with Gasteiger partial charge in [-0.05, 0) is 23.8 Å². The Morgan fingerprint density at radius 1 is 1.53 bits per heavy atom. The molecule has 3 heteroatoms. The summed E-state index contributed by atoms with van der Waals surface area (Å²) in [6, 6.07) is 3.74. The van der Waals surface area contributed by atoms with Crippen LogP contribution < -0.4 is 0 Å². The maximum atomic E-state index is 12.1. The van der Waals surface area contributed by atoms with Crippen molar-refractivity contribution < 1.29 is 9.53 Å². The molecule has 0 aromatic carbocycles. The Kier molecular flexibility index (Phi) is 4.05. The van der Waals surface area contributed by atoms with Crippen LogP contribution >= 0.6 is 11.3 Å². The molecule has 0 aliphatic carbocycles. The topological polar surface area (TPSA) is 26.3 Å². The highest BCUT2D eigenvalue weighted by atomic mass is 32.1. The number of thiophene rings is 1. The van der Waals surface area contributed by atoms with E-state index in [-0.39, 0.29) is 17.3 Å². The fraction of sp³-hybridized carbons (Fsp3) is 0.583. The van der Waals surface area contributed by atoms with Crippen LogP contribution in [0.1, 0.15) is 37.4 Å². The molecule has 0 fully saturated rings. The monoisotopic (exact) mass is 226 g/mol. The number of carbonyl (C=O) groups is 1. The lowest BCUT2D eigenvalue weighted by atomic mass is 9.86. The van der Waals surface area contributed by atoms with Crippen molar-refractivity contribution >= 4 is 17.1 Å². The van der Waals surface area contributed by atoms with E-state index in [1.807, 2.05) is 45.2 Å². The van der Waals surface area contributed by atoms with Gasteiger partial charge in [0, 0.05) is 6.61 Å². The molecule has 15 heavy (non-hydrogen) atoms. The molecule has 84 valence electrons. The van der Waals surface area contributed by atoms with E-state index in [4.69, 9.17) is 4.74 Å². The zero-order valence-electron chi connectivity index (χ0n) is 9.74. The van der Waals surface area contributed by atoms with Gasteiger partial charge < -0.3 is 4.74 Å².